The van der Waals surface area contributed by atoms with Gasteiger partial charge in [0.1, 0.15) is 5.82 Å². The molecule has 0 fully saturated rings. The van der Waals surface area contributed by atoms with Gasteiger partial charge in [0.15, 0.2) is 0 Å². The summed E-state index contributed by atoms with van der Waals surface area (Å²) in [7, 11) is 0. The number of aliphatic hydroxyl groups is 1. The van der Waals surface area contributed by atoms with Crippen molar-refractivity contribution in [3.63, 3.8) is 0 Å². The van der Waals surface area contributed by atoms with Crippen LogP contribution < -0.4 is 5.32 Å². The van der Waals surface area contributed by atoms with Gasteiger partial charge >= 0.3 is 0 Å². The van der Waals surface area contributed by atoms with E-state index in [4.69, 9.17) is 0 Å². The molecule has 0 aliphatic rings. The summed E-state index contributed by atoms with van der Waals surface area (Å²) in [5, 5.41) is 12.6. The summed E-state index contributed by atoms with van der Waals surface area (Å²) in [5.74, 6) is 0.825. The molecule has 1 atom stereocenters. The van der Waals surface area contributed by atoms with E-state index in [9.17, 15) is 5.11 Å². The minimum absolute atomic E-state index is 0.275. The summed E-state index contributed by atoms with van der Waals surface area (Å²) in [5.41, 5.74) is 1.14. The molecule has 14 heavy (non-hydrogen) atoms. The molecule has 0 saturated heterocycles. The van der Waals surface area contributed by atoms with E-state index >= 15 is 0 Å². The zero-order chi connectivity index (χ0) is 10.4. The highest BCUT2D eigenvalue weighted by Crippen LogP contribution is 2.04. The number of rotatable bonds is 5. The fourth-order valence-electron chi connectivity index (χ4n) is 1.23. The maximum Gasteiger partial charge on any atom is 0.125 e. The van der Waals surface area contributed by atoms with E-state index in [-0.39, 0.29) is 6.10 Å². The van der Waals surface area contributed by atoms with Crippen LogP contribution in [0.15, 0.2) is 18.3 Å². The number of hydrogen-bond acceptors (Lipinski definition) is 3. The van der Waals surface area contributed by atoms with Crippen molar-refractivity contribution < 1.29 is 5.11 Å². The van der Waals surface area contributed by atoms with E-state index in [2.05, 4.69) is 17.2 Å². The maximum absolute atomic E-state index is 9.47. The number of anilines is 1. The quantitative estimate of drug-likeness (QED) is 0.753. The molecule has 1 rings (SSSR count). The van der Waals surface area contributed by atoms with Crippen LogP contribution in [0.25, 0.3) is 0 Å². The number of nitrogens with one attached hydrogen (secondary N) is 1. The average Bonchev–Trinajstić information content (AvgIpc) is 2.17. The van der Waals surface area contributed by atoms with Gasteiger partial charge in [-0.15, -0.1) is 0 Å². The third-order valence-corrected chi connectivity index (χ3v) is 2.05. The van der Waals surface area contributed by atoms with Crippen molar-refractivity contribution >= 4 is 5.82 Å². The smallest absolute Gasteiger partial charge is 0.125 e. The first-order valence-corrected chi connectivity index (χ1v) is 5.07. The van der Waals surface area contributed by atoms with Crippen molar-refractivity contribution in [2.24, 2.45) is 0 Å². The number of nitrogens with zero attached hydrogens (tertiary/aromatic N) is 1. The van der Waals surface area contributed by atoms with Crippen LogP contribution >= 0.6 is 0 Å². The third-order valence-electron chi connectivity index (χ3n) is 2.05. The van der Waals surface area contributed by atoms with Gasteiger partial charge in [-0.1, -0.05) is 19.4 Å². The Kier molecular flexibility index (Phi) is 4.40. The SMILES string of the molecule is CCCC(O)CNc1ccc(C)cn1. The van der Waals surface area contributed by atoms with Gasteiger partial charge in [0, 0.05) is 12.7 Å². The molecule has 0 bridgehead atoms. The van der Waals surface area contributed by atoms with Crippen LogP contribution in [-0.4, -0.2) is 22.7 Å². The van der Waals surface area contributed by atoms with Gasteiger partial charge in [0.2, 0.25) is 0 Å². The van der Waals surface area contributed by atoms with Crippen molar-refractivity contribution in [1.82, 2.24) is 4.98 Å². The van der Waals surface area contributed by atoms with E-state index in [1.54, 1.807) is 0 Å². The number of aromatic nitrogens is 1. The molecule has 3 nitrogen and oxygen atoms in total. The average molecular weight is 194 g/mol. The first kappa shape index (κ1) is 11.0. The fraction of sp³-hybridized carbons (Fsp3) is 0.545. The Morgan fingerprint density at radius 3 is 2.86 bits per heavy atom. The molecule has 3 heteroatoms. The van der Waals surface area contributed by atoms with E-state index in [0.29, 0.717) is 6.54 Å². The number of pyridine rings is 1. The summed E-state index contributed by atoms with van der Waals surface area (Å²) in [6.45, 7) is 4.64. The molecular formula is C11H18N2O. The molecule has 78 valence electrons. The summed E-state index contributed by atoms with van der Waals surface area (Å²) in [6, 6.07) is 3.93. The molecule has 1 aromatic heterocycles. The van der Waals surface area contributed by atoms with E-state index in [0.717, 1.165) is 24.2 Å². The van der Waals surface area contributed by atoms with Crippen molar-refractivity contribution in [1.29, 1.82) is 0 Å². The molecular weight excluding hydrogens is 176 g/mol. The van der Waals surface area contributed by atoms with Gasteiger partial charge in [-0.2, -0.15) is 0 Å². The van der Waals surface area contributed by atoms with Crippen LogP contribution in [0.4, 0.5) is 5.82 Å². The Morgan fingerprint density at radius 2 is 2.29 bits per heavy atom. The van der Waals surface area contributed by atoms with Gasteiger partial charge in [-0.05, 0) is 25.0 Å². The Labute approximate surface area is 85.2 Å². The molecule has 1 aromatic rings. The lowest BCUT2D eigenvalue weighted by Gasteiger charge is -2.10. The normalized spacial score (nSPS) is 12.5. The maximum atomic E-state index is 9.47. The Hall–Kier alpha value is -1.09. The van der Waals surface area contributed by atoms with Gasteiger partial charge in [-0.3, -0.25) is 0 Å². The summed E-state index contributed by atoms with van der Waals surface area (Å²) < 4.78 is 0. The molecule has 0 saturated carbocycles. The van der Waals surface area contributed by atoms with Crippen LogP contribution in [0, 0.1) is 6.92 Å². The molecule has 0 spiro atoms. The summed E-state index contributed by atoms with van der Waals surface area (Å²) in [6.07, 6.45) is 3.38. The molecule has 2 N–H and O–H groups in total. The number of aliphatic hydroxyl groups excluding tert-OH is 1. The lowest BCUT2D eigenvalue weighted by Crippen LogP contribution is -2.19. The zero-order valence-corrected chi connectivity index (χ0v) is 8.83. The van der Waals surface area contributed by atoms with Gasteiger partial charge in [0.25, 0.3) is 0 Å². The first-order chi connectivity index (χ1) is 6.72. The minimum atomic E-state index is -0.275. The fourth-order valence-corrected chi connectivity index (χ4v) is 1.23. The van der Waals surface area contributed by atoms with Gasteiger partial charge in [-0.25, -0.2) is 4.98 Å². The minimum Gasteiger partial charge on any atom is -0.391 e. The third kappa shape index (κ3) is 3.75. The molecule has 1 unspecified atom stereocenters. The van der Waals surface area contributed by atoms with Crippen molar-refractivity contribution in [2.45, 2.75) is 32.8 Å². The molecule has 0 radical (unpaired) electrons. The van der Waals surface area contributed by atoms with Crippen molar-refractivity contribution in [3.05, 3.63) is 23.9 Å². The lowest BCUT2D eigenvalue weighted by molar-refractivity contribution is 0.176. The van der Waals surface area contributed by atoms with Crippen molar-refractivity contribution in [3.8, 4) is 0 Å². The summed E-state index contributed by atoms with van der Waals surface area (Å²) >= 11 is 0. The first-order valence-electron chi connectivity index (χ1n) is 5.07. The monoisotopic (exact) mass is 194 g/mol. The largest absolute Gasteiger partial charge is 0.391 e. The van der Waals surface area contributed by atoms with Crippen molar-refractivity contribution in [2.75, 3.05) is 11.9 Å². The second-order valence-corrected chi connectivity index (χ2v) is 3.54. The van der Waals surface area contributed by atoms with Crippen LogP contribution in [0.1, 0.15) is 25.3 Å². The number of aryl methyl sites for hydroxylation is 1. The molecule has 0 aliphatic carbocycles. The number of hydrogen-bond donors (Lipinski definition) is 2. The highest BCUT2D eigenvalue weighted by Gasteiger charge is 2.01. The van der Waals surface area contributed by atoms with Crippen LogP contribution in [-0.2, 0) is 0 Å². The second kappa shape index (κ2) is 5.60. The Morgan fingerprint density at radius 1 is 1.50 bits per heavy atom. The summed E-state index contributed by atoms with van der Waals surface area (Å²) in [4.78, 5) is 4.19. The Bertz CT molecular complexity index is 258. The van der Waals surface area contributed by atoms with E-state index < -0.39 is 0 Å². The van der Waals surface area contributed by atoms with E-state index in [1.807, 2.05) is 25.3 Å². The van der Waals surface area contributed by atoms with Crippen LogP contribution in [0.5, 0.6) is 0 Å². The highest BCUT2D eigenvalue weighted by molar-refractivity contribution is 5.35. The van der Waals surface area contributed by atoms with Crippen LogP contribution in [0.2, 0.25) is 0 Å². The van der Waals surface area contributed by atoms with Crippen LogP contribution in [0.3, 0.4) is 0 Å². The predicted molar refractivity (Wildman–Crippen MR) is 58.4 cm³/mol. The molecule has 1 heterocycles. The standard InChI is InChI=1S/C11H18N2O/c1-3-4-10(14)8-13-11-6-5-9(2)7-12-11/h5-7,10,14H,3-4,8H2,1-2H3,(H,12,13). The molecule has 0 aliphatic heterocycles. The highest BCUT2D eigenvalue weighted by atomic mass is 16.3. The van der Waals surface area contributed by atoms with Gasteiger partial charge < -0.3 is 10.4 Å². The molecule has 0 amide bonds. The van der Waals surface area contributed by atoms with E-state index in [1.165, 1.54) is 0 Å². The zero-order valence-electron chi connectivity index (χ0n) is 8.83. The predicted octanol–water partition coefficient (Wildman–Crippen LogP) is 1.96. The topological polar surface area (TPSA) is 45.1 Å². The molecule has 0 aromatic carbocycles. The second-order valence-electron chi connectivity index (χ2n) is 3.54. The van der Waals surface area contributed by atoms with Gasteiger partial charge in [0.05, 0.1) is 6.10 Å². The Balaban J connectivity index is 2.34. The lowest BCUT2D eigenvalue weighted by atomic mass is 10.2.